The van der Waals surface area contributed by atoms with Gasteiger partial charge in [0, 0.05) is 18.3 Å². The van der Waals surface area contributed by atoms with Gasteiger partial charge in [-0.05, 0) is 56.6 Å². The van der Waals surface area contributed by atoms with Crippen molar-refractivity contribution in [1.29, 1.82) is 0 Å². The average Bonchev–Trinajstić information content (AvgIpc) is 2.57. The molecule has 0 aromatic heterocycles. The molecule has 24 heavy (non-hydrogen) atoms. The highest BCUT2D eigenvalue weighted by Gasteiger charge is 2.09. The summed E-state index contributed by atoms with van der Waals surface area (Å²) in [7, 11) is 2.11. The fraction of sp³-hybridized carbons (Fsp3) is 0.350. The number of nitrogens with zero attached hydrogens (tertiary/aromatic N) is 2. The molecule has 3 N–H and O–H groups in total. The van der Waals surface area contributed by atoms with Crippen LogP contribution in [0.3, 0.4) is 0 Å². The molecule has 2 aromatic carbocycles. The number of rotatable bonds is 6. The van der Waals surface area contributed by atoms with Crippen molar-refractivity contribution in [2.24, 2.45) is 10.7 Å². The van der Waals surface area contributed by atoms with Crippen LogP contribution in [-0.4, -0.2) is 30.5 Å². The third-order valence-electron chi connectivity index (χ3n) is 4.33. The zero-order valence-electron chi connectivity index (χ0n) is 15.1. The van der Waals surface area contributed by atoms with Crippen molar-refractivity contribution in [2.45, 2.75) is 33.4 Å². The molecule has 1 unspecified atom stereocenters. The van der Waals surface area contributed by atoms with E-state index in [0.29, 0.717) is 18.5 Å². The Kier molecular flexibility index (Phi) is 6.38. The van der Waals surface area contributed by atoms with Gasteiger partial charge < -0.3 is 11.1 Å². The van der Waals surface area contributed by atoms with E-state index >= 15 is 0 Å². The lowest BCUT2D eigenvalue weighted by molar-refractivity contribution is 0.255. The van der Waals surface area contributed by atoms with Gasteiger partial charge in [0.05, 0.1) is 6.54 Å². The van der Waals surface area contributed by atoms with Crippen LogP contribution in [0.4, 0.5) is 5.69 Å². The Labute approximate surface area is 145 Å². The monoisotopic (exact) mass is 324 g/mol. The van der Waals surface area contributed by atoms with Crippen molar-refractivity contribution < 1.29 is 0 Å². The van der Waals surface area contributed by atoms with E-state index in [9.17, 15) is 0 Å². The van der Waals surface area contributed by atoms with E-state index in [2.05, 4.69) is 79.4 Å². The largest absolute Gasteiger partial charge is 0.370 e. The van der Waals surface area contributed by atoms with Crippen LogP contribution in [-0.2, 0) is 6.54 Å². The fourth-order valence-electron chi connectivity index (χ4n) is 2.40. The van der Waals surface area contributed by atoms with Crippen molar-refractivity contribution >= 4 is 11.6 Å². The van der Waals surface area contributed by atoms with Crippen molar-refractivity contribution in [3.63, 3.8) is 0 Å². The van der Waals surface area contributed by atoms with E-state index < -0.39 is 0 Å². The molecule has 0 fully saturated rings. The van der Waals surface area contributed by atoms with Crippen LogP contribution in [0.5, 0.6) is 0 Å². The maximum atomic E-state index is 6.02. The Bertz CT molecular complexity index is 679. The number of anilines is 1. The molecule has 0 spiro atoms. The van der Waals surface area contributed by atoms with Gasteiger partial charge in [0.1, 0.15) is 0 Å². The van der Waals surface area contributed by atoms with Crippen molar-refractivity contribution in [3.05, 3.63) is 65.2 Å². The number of nitrogens with one attached hydrogen (secondary N) is 1. The van der Waals surface area contributed by atoms with Crippen LogP contribution in [0, 0.1) is 13.8 Å². The topological polar surface area (TPSA) is 53.6 Å². The number of likely N-dealkylation sites (N-methyl/N-ethyl adjacent to an activating group) is 1. The number of aryl methyl sites for hydroxylation is 2. The summed E-state index contributed by atoms with van der Waals surface area (Å²) in [4.78, 5) is 6.76. The smallest absolute Gasteiger partial charge is 0.193 e. The molecule has 0 bridgehead atoms. The molecular formula is C20H28N4. The number of nitrogens with two attached hydrogens (primary N) is 1. The molecule has 0 radical (unpaired) electrons. The van der Waals surface area contributed by atoms with E-state index in [1.54, 1.807) is 0 Å². The van der Waals surface area contributed by atoms with Crippen molar-refractivity contribution in [2.75, 3.05) is 18.9 Å². The Balaban J connectivity index is 1.87. The summed E-state index contributed by atoms with van der Waals surface area (Å²) in [5.74, 6) is 0.457. The van der Waals surface area contributed by atoms with Gasteiger partial charge in [0.25, 0.3) is 0 Å². The molecule has 0 amide bonds. The molecule has 0 aliphatic rings. The summed E-state index contributed by atoms with van der Waals surface area (Å²) in [6, 6.07) is 17.0. The fourth-order valence-corrected chi connectivity index (χ4v) is 2.40. The number of benzene rings is 2. The molecule has 0 aliphatic heterocycles. The van der Waals surface area contributed by atoms with Gasteiger partial charge in [-0.25, -0.2) is 0 Å². The standard InChI is InChI=1S/C20H28N4/c1-15-10-11-19(12-16(15)2)23-20(21)22-13-17(3)24(4)14-18-8-6-5-7-9-18/h5-12,17H,13-14H2,1-4H3,(H3,21,22,23). The lowest BCUT2D eigenvalue weighted by Gasteiger charge is -2.23. The number of hydrogen-bond acceptors (Lipinski definition) is 2. The molecule has 2 aromatic rings. The molecule has 0 heterocycles. The van der Waals surface area contributed by atoms with Crippen LogP contribution in [0.2, 0.25) is 0 Å². The summed E-state index contributed by atoms with van der Waals surface area (Å²) in [5.41, 5.74) is 10.8. The van der Waals surface area contributed by atoms with Crippen LogP contribution < -0.4 is 11.1 Å². The SMILES string of the molecule is Cc1ccc(NC(N)=NCC(C)N(C)Cc2ccccc2)cc1C. The van der Waals surface area contributed by atoms with Crippen LogP contribution in [0.15, 0.2) is 53.5 Å². The highest BCUT2D eigenvalue weighted by Crippen LogP contribution is 2.13. The van der Waals surface area contributed by atoms with E-state index in [0.717, 1.165) is 12.2 Å². The predicted molar refractivity (Wildman–Crippen MR) is 103 cm³/mol. The van der Waals surface area contributed by atoms with Gasteiger partial charge in [0.2, 0.25) is 0 Å². The maximum absolute atomic E-state index is 6.02. The molecule has 0 aliphatic carbocycles. The molecule has 0 saturated heterocycles. The molecular weight excluding hydrogens is 296 g/mol. The molecule has 4 heteroatoms. The Morgan fingerprint density at radius 3 is 2.50 bits per heavy atom. The highest BCUT2D eigenvalue weighted by atomic mass is 15.2. The zero-order valence-corrected chi connectivity index (χ0v) is 15.1. The van der Waals surface area contributed by atoms with Crippen LogP contribution in [0.1, 0.15) is 23.6 Å². The second kappa shape index (κ2) is 8.50. The second-order valence-electron chi connectivity index (χ2n) is 6.40. The normalized spacial score (nSPS) is 13.1. The van der Waals surface area contributed by atoms with E-state index in [1.165, 1.54) is 16.7 Å². The number of aliphatic imine (C=N–C) groups is 1. The summed E-state index contributed by atoms with van der Waals surface area (Å²) in [6.07, 6.45) is 0. The molecule has 0 saturated carbocycles. The first-order valence-electron chi connectivity index (χ1n) is 8.34. The minimum absolute atomic E-state index is 0.310. The Hall–Kier alpha value is -2.33. The highest BCUT2D eigenvalue weighted by molar-refractivity contribution is 5.92. The summed E-state index contributed by atoms with van der Waals surface area (Å²) >= 11 is 0. The Morgan fingerprint density at radius 2 is 1.83 bits per heavy atom. The van der Waals surface area contributed by atoms with Gasteiger partial charge >= 0.3 is 0 Å². The second-order valence-corrected chi connectivity index (χ2v) is 6.40. The van der Waals surface area contributed by atoms with Crippen LogP contribution >= 0.6 is 0 Å². The third kappa shape index (κ3) is 5.39. The minimum Gasteiger partial charge on any atom is -0.370 e. The molecule has 4 nitrogen and oxygen atoms in total. The first kappa shape index (κ1) is 18.0. The molecule has 1 atom stereocenters. The van der Waals surface area contributed by atoms with E-state index in [-0.39, 0.29) is 0 Å². The average molecular weight is 324 g/mol. The first-order valence-corrected chi connectivity index (χ1v) is 8.34. The van der Waals surface area contributed by atoms with Crippen molar-refractivity contribution in [1.82, 2.24) is 4.90 Å². The summed E-state index contributed by atoms with van der Waals surface area (Å²) in [5, 5.41) is 3.16. The quantitative estimate of drug-likeness (QED) is 0.631. The lowest BCUT2D eigenvalue weighted by Crippen LogP contribution is -2.32. The predicted octanol–water partition coefficient (Wildman–Crippen LogP) is 3.55. The van der Waals surface area contributed by atoms with Gasteiger partial charge in [-0.1, -0.05) is 36.4 Å². The van der Waals surface area contributed by atoms with Crippen molar-refractivity contribution in [3.8, 4) is 0 Å². The minimum atomic E-state index is 0.310. The van der Waals surface area contributed by atoms with Gasteiger partial charge in [-0.2, -0.15) is 0 Å². The van der Waals surface area contributed by atoms with Gasteiger partial charge in [-0.15, -0.1) is 0 Å². The third-order valence-corrected chi connectivity index (χ3v) is 4.33. The van der Waals surface area contributed by atoms with Gasteiger partial charge in [0.15, 0.2) is 5.96 Å². The van der Waals surface area contributed by atoms with Crippen LogP contribution in [0.25, 0.3) is 0 Å². The van der Waals surface area contributed by atoms with E-state index in [4.69, 9.17) is 5.73 Å². The maximum Gasteiger partial charge on any atom is 0.193 e. The summed E-state index contributed by atoms with van der Waals surface area (Å²) in [6.45, 7) is 7.92. The number of guanidine groups is 1. The van der Waals surface area contributed by atoms with Gasteiger partial charge in [-0.3, -0.25) is 9.89 Å². The van der Waals surface area contributed by atoms with E-state index in [1.807, 2.05) is 12.1 Å². The molecule has 2 rings (SSSR count). The number of hydrogen-bond donors (Lipinski definition) is 2. The zero-order chi connectivity index (χ0) is 17.5. The summed E-state index contributed by atoms with van der Waals surface area (Å²) < 4.78 is 0. The lowest BCUT2D eigenvalue weighted by atomic mass is 10.1. The first-order chi connectivity index (χ1) is 11.5. The molecule has 128 valence electrons. The Morgan fingerprint density at radius 1 is 1.12 bits per heavy atom.